The first-order valence-corrected chi connectivity index (χ1v) is 44.8. The zero-order valence-electron chi connectivity index (χ0n) is 65.7. The normalized spacial score (nSPS) is 14.0. The molecule has 100 heavy (non-hydrogen) atoms. The minimum absolute atomic E-state index is 0.106. The Hall–Kier alpha value is -1.94. The lowest BCUT2D eigenvalue weighted by Gasteiger charge is -2.21. The van der Waals surface area contributed by atoms with E-state index in [2.05, 4.69) is 48.5 Å². The van der Waals surface area contributed by atoms with Crippen LogP contribution in [0.3, 0.4) is 0 Å². The van der Waals surface area contributed by atoms with E-state index in [1.165, 1.54) is 231 Å². The summed E-state index contributed by atoms with van der Waals surface area (Å²) in [6, 6.07) is 0. The minimum atomic E-state index is -4.96. The third-order valence-corrected chi connectivity index (χ3v) is 20.8. The average molecular weight is 1470 g/mol. The summed E-state index contributed by atoms with van der Waals surface area (Å²) in [5.41, 5.74) is 0. The van der Waals surface area contributed by atoms with Gasteiger partial charge in [0.15, 0.2) is 12.2 Å². The third kappa shape index (κ3) is 74.3. The number of hydrogen-bond acceptors (Lipinski definition) is 15. The molecular formula is C81H158O17P2. The molecule has 0 aliphatic rings. The maximum absolute atomic E-state index is 13.1. The van der Waals surface area contributed by atoms with Crippen molar-refractivity contribution in [1.29, 1.82) is 0 Å². The summed E-state index contributed by atoms with van der Waals surface area (Å²) in [5.74, 6) is 0.194. The van der Waals surface area contributed by atoms with Gasteiger partial charge in [0, 0.05) is 25.7 Å². The number of carbonyl (C=O) groups excluding carboxylic acids is 4. The Morgan fingerprint density at radius 1 is 0.270 bits per heavy atom. The van der Waals surface area contributed by atoms with Crippen molar-refractivity contribution in [3.8, 4) is 0 Å². The predicted molar refractivity (Wildman–Crippen MR) is 409 cm³/mol. The molecule has 19 heteroatoms. The molecule has 0 aromatic rings. The van der Waals surface area contributed by atoms with Gasteiger partial charge in [-0.2, -0.15) is 0 Å². The highest BCUT2D eigenvalue weighted by Gasteiger charge is 2.30. The molecule has 17 nitrogen and oxygen atoms in total. The highest BCUT2D eigenvalue weighted by Crippen LogP contribution is 2.45. The van der Waals surface area contributed by atoms with Crippen LogP contribution >= 0.6 is 15.6 Å². The maximum Gasteiger partial charge on any atom is 0.472 e. The predicted octanol–water partition coefficient (Wildman–Crippen LogP) is 24.1. The van der Waals surface area contributed by atoms with E-state index in [0.29, 0.717) is 25.7 Å². The monoisotopic (exact) mass is 1470 g/mol. The van der Waals surface area contributed by atoms with E-state index < -0.39 is 97.5 Å². The third-order valence-electron chi connectivity index (χ3n) is 18.9. The van der Waals surface area contributed by atoms with Crippen molar-refractivity contribution in [3.05, 3.63) is 0 Å². The van der Waals surface area contributed by atoms with Crippen molar-refractivity contribution in [3.63, 3.8) is 0 Å². The van der Waals surface area contributed by atoms with Crippen LogP contribution in [0.4, 0.5) is 0 Å². The first-order valence-electron chi connectivity index (χ1n) is 41.8. The Balaban J connectivity index is 5.26. The minimum Gasteiger partial charge on any atom is -0.462 e. The quantitative estimate of drug-likeness (QED) is 0.0222. The van der Waals surface area contributed by atoms with Crippen LogP contribution in [-0.2, 0) is 65.4 Å². The first-order chi connectivity index (χ1) is 48.2. The molecule has 5 atom stereocenters. The highest BCUT2D eigenvalue weighted by molar-refractivity contribution is 7.47. The van der Waals surface area contributed by atoms with Gasteiger partial charge in [-0.25, -0.2) is 9.13 Å². The van der Waals surface area contributed by atoms with Crippen LogP contribution in [0.15, 0.2) is 0 Å². The molecule has 0 saturated heterocycles. The zero-order chi connectivity index (χ0) is 73.7. The van der Waals surface area contributed by atoms with Crippen LogP contribution in [0.2, 0.25) is 0 Å². The van der Waals surface area contributed by atoms with Crippen molar-refractivity contribution in [2.24, 2.45) is 17.8 Å². The van der Waals surface area contributed by atoms with Gasteiger partial charge in [0.05, 0.1) is 26.4 Å². The Kier molecular flexibility index (Phi) is 69.9. The molecule has 0 amide bonds. The number of rotatable bonds is 79. The van der Waals surface area contributed by atoms with Crippen molar-refractivity contribution in [2.75, 3.05) is 39.6 Å². The van der Waals surface area contributed by atoms with E-state index in [4.69, 9.17) is 37.0 Å². The Bertz CT molecular complexity index is 1940. The largest absolute Gasteiger partial charge is 0.472 e. The summed E-state index contributed by atoms with van der Waals surface area (Å²) in [4.78, 5) is 73.1. The number of aliphatic hydroxyl groups excluding tert-OH is 1. The van der Waals surface area contributed by atoms with Gasteiger partial charge < -0.3 is 33.8 Å². The first kappa shape index (κ1) is 98.1. The number of carbonyl (C=O) groups is 4. The summed E-state index contributed by atoms with van der Waals surface area (Å²) in [6.45, 7) is 11.9. The van der Waals surface area contributed by atoms with E-state index in [0.717, 1.165) is 108 Å². The van der Waals surface area contributed by atoms with Crippen molar-refractivity contribution in [2.45, 2.75) is 439 Å². The van der Waals surface area contributed by atoms with Gasteiger partial charge in [0.1, 0.15) is 19.3 Å². The van der Waals surface area contributed by atoms with Crippen LogP contribution in [0.5, 0.6) is 0 Å². The van der Waals surface area contributed by atoms with E-state index in [1.54, 1.807) is 0 Å². The van der Waals surface area contributed by atoms with Gasteiger partial charge in [-0.1, -0.05) is 370 Å². The number of hydrogen-bond donors (Lipinski definition) is 3. The van der Waals surface area contributed by atoms with Crippen molar-refractivity contribution >= 4 is 39.5 Å². The van der Waals surface area contributed by atoms with Crippen LogP contribution in [-0.4, -0.2) is 96.7 Å². The molecule has 2 unspecified atom stereocenters. The number of phosphoric acid groups is 2. The SMILES string of the molecule is CCCCCCCCCCCCCCCCCCCC(=O)OC[C@H](COP(=O)(O)OC[C@@H](O)COP(=O)(O)OC[C@@H](COC(=O)CCCCCCCCCCCC(C)C)OC(=O)CCCCCCCCCCCCCC(C)C)OC(=O)CCCCCCCCCCCCCCCCC(C)C. The molecule has 0 aromatic heterocycles. The van der Waals surface area contributed by atoms with Crippen molar-refractivity contribution < 1.29 is 80.2 Å². The second-order valence-corrected chi connectivity index (χ2v) is 33.5. The topological polar surface area (TPSA) is 237 Å². The maximum atomic E-state index is 13.1. The van der Waals surface area contributed by atoms with Crippen LogP contribution in [0, 0.1) is 17.8 Å². The number of esters is 4. The molecular weight excluding hydrogens is 1310 g/mol. The molecule has 0 fully saturated rings. The summed E-state index contributed by atoms with van der Waals surface area (Å²) < 4.78 is 68.8. The van der Waals surface area contributed by atoms with Gasteiger partial charge in [-0.05, 0) is 43.4 Å². The second kappa shape index (κ2) is 71.3. The van der Waals surface area contributed by atoms with E-state index >= 15 is 0 Å². The number of phosphoric ester groups is 2. The Morgan fingerprint density at radius 2 is 0.460 bits per heavy atom. The lowest BCUT2D eigenvalue weighted by atomic mass is 10.0. The molecule has 0 bridgehead atoms. The molecule has 0 spiro atoms. The summed E-state index contributed by atoms with van der Waals surface area (Å²) in [5, 5.41) is 10.6. The summed E-state index contributed by atoms with van der Waals surface area (Å²) >= 11 is 0. The van der Waals surface area contributed by atoms with Crippen LogP contribution in [0.25, 0.3) is 0 Å². The van der Waals surface area contributed by atoms with Gasteiger partial charge in [-0.15, -0.1) is 0 Å². The number of aliphatic hydroxyl groups is 1. The lowest BCUT2D eigenvalue weighted by molar-refractivity contribution is -0.161. The fraction of sp³-hybridized carbons (Fsp3) is 0.951. The average Bonchev–Trinajstić information content (AvgIpc) is 1.90. The van der Waals surface area contributed by atoms with Crippen molar-refractivity contribution in [1.82, 2.24) is 0 Å². The molecule has 0 aliphatic heterocycles. The van der Waals surface area contributed by atoms with Gasteiger partial charge in [0.25, 0.3) is 0 Å². The van der Waals surface area contributed by atoms with Crippen LogP contribution in [0.1, 0.15) is 421 Å². The van der Waals surface area contributed by atoms with Gasteiger partial charge >= 0.3 is 39.5 Å². The van der Waals surface area contributed by atoms with E-state index in [1.807, 2.05) is 0 Å². The molecule has 594 valence electrons. The fourth-order valence-electron chi connectivity index (χ4n) is 12.5. The molecule has 0 saturated carbocycles. The smallest absolute Gasteiger partial charge is 0.462 e. The highest BCUT2D eigenvalue weighted by atomic mass is 31.2. The molecule has 0 heterocycles. The van der Waals surface area contributed by atoms with Gasteiger partial charge in [0.2, 0.25) is 0 Å². The molecule has 0 aromatic carbocycles. The Morgan fingerprint density at radius 3 is 0.680 bits per heavy atom. The van der Waals surface area contributed by atoms with Crippen LogP contribution < -0.4 is 0 Å². The molecule has 0 rings (SSSR count). The van der Waals surface area contributed by atoms with E-state index in [9.17, 15) is 43.2 Å². The second-order valence-electron chi connectivity index (χ2n) is 30.6. The van der Waals surface area contributed by atoms with Gasteiger partial charge in [-0.3, -0.25) is 37.3 Å². The standard InChI is InChI=1S/C81H158O17P2/c1-8-9-10-11-12-13-14-15-16-17-18-22-27-34-41-48-55-62-78(83)91-68-76(97-80(85)64-57-50-43-35-28-23-20-19-21-25-31-38-45-52-59-72(2)3)70-95-99(87,88)93-66-75(82)67-94-100(89,90)96-71-77(69-92-79(84)63-56-49-42-37-30-33-40-47-54-61-74(6)7)98-81(86)65-58-51-44-36-29-24-26-32-39-46-53-60-73(4)5/h72-77,82H,8-71H2,1-7H3,(H,87,88)(H,89,90)/t75-,76-,77-/m1/s1. The van der Waals surface area contributed by atoms with E-state index in [-0.39, 0.29) is 25.7 Å². The zero-order valence-corrected chi connectivity index (χ0v) is 67.5. The number of unbranched alkanes of at least 4 members (excludes halogenated alkanes) is 47. The molecule has 0 aliphatic carbocycles. The summed E-state index contributed by atoms with van der Waals surface area (Å²) in [7, 11) is -9.92. The number of ether oxygens (including phenoxy) is 4. The lowest BCUT2D eigenvalue weighted by Crippen LogP contribution is -2.30. The molecule has 3 N–H and O–H groups in total. The fourth-order valence-corrected chi connectivity index (χ4v) is 14.1. The Labute approximate surface area is 613 Å². The molecule has 0 radical (unpaired) electrons. The summed E-state index contributed by atoms with van der Waals surface area (Å²) in [6.07, 6.45) is 59.6.